The standard InChI is InChI=1S/C19H25FN6O/c1-2-16(27)26-7-5-12(11-26)8-22-19-15(20)10-24-18(25-19)14-9-23-17-13(14)4-3-6-21-17/h3-4,6,9,12,17,21-23H,2,5,7-8,10-11H2,1H3,(H,24,25)/t12-,17?/m1/s1. The lowest BCUT2D eigenvalue weighted by Gasteiger charge is -2.22. The Kier molecular flexibility index (Phi) is 4.87. The van der Waals surface area contributed by atoms with Gasteiger partial charge in [0.2, 0.25) is 5.91 Å². The summed E-state index contributed by atoms with van der Waals surface area (Å²) >= 11 is 0. The topological polar surface area (TPSA) is 80.8 Å². The van der Waals surface area contributed by atoms with Gasteiger partial charge in [-0.05, 0) is 24.6 Å². The molecular weight excluding hydrogens is 347 g/mol. The van der Waals surface area contributed by atoms with Crippen molar-refractivity contribution in [2.45, 2.75) is 25.9 Å². The second kappa shape index (κ2) is 7.46. The molecule has 4 aliphatic rings. The third-order valence-electron chi connectivity index (χ3n) is 5.30. The number of hydrogen-bond donors (Lipinski definition) is 4. The van der Waals surface area contributed by atoms with Crippen molar-refractivity contribution in [1.82, 2.24) is 26.2 Å². The van der Waals surface area contributed by atoms with E-state index in [9.17, 15) is 9.18 Å². The summed E-state index contributed by atoms with van der Waals surface area (Å²) in [4.78, 5) is 18.2. The first kappa shape index (κ1) is 17.6. The molecule has 0 radical (unpaired) electrons. The van der Waals surface area contributed by atoms with Crippen molar-refractivity contribution in [2.75, 3.05) is 26.2 Å². The van der Waals surface area contributed by atoms with Gasteiger partial charge in [-0.3, -0.25) is 4.79 Å². The molecule has 1 amide bonds. The molecule has 4 N–H and O–H groups in total. The molecule has 0 bridgehead atoms. The minimum atomic E-state index is -0.294. The summed E-state index contributed by atoms with van der Waals surface area (Å²) in [6.07, 6.45) is 9.24. The van der Waals surface area contributed by atoms with Gasteiger partial charge in [0.25, 0.3) is 0 Å². The van der Waals surface area contributed by atoms with Crippen molar-refractivity contribution in [3.05, 3.63) is 47.3 Å². The summed E-state index contributed by atoms with van der Waals surface area (Å²) < 4.78 is 14.3. The molecule has 0 aromatic carbocycles. The van der Waals surface area contributed by atoms with E-state index in [1.807, 2.05) is 36.4 Å². The monoisotopic (exact) mass is 372 g/mol. The average molecular weight is 372 g/mol. The highest BCUT2D eigenvalue weighted by molar-refractivity contribution is 6.04. The van der Waals surface area contributed by atoms with Gasteiger partial charge in [-0.2, -0.15) is 0 Å². The Morgan fingerprint density at radius 1 is 1.44 bits per heavy atom. The van der Waals surface area contributed by atoms with Crippen LogP contribution in [0.25, 0.3) is 0 Å². The number of halogens is 1. The lowest BCUT2D eigenvalue weighted by atomic mass is 10.0. The Labute approximate surface area is 158 Å². The predicted octanol–water partition coefficient (Wildman–Crippen LogP) is 0.831. The van der Waals surface area contributed by atoms with Crippen LogP contribution >= 0.6 is 0 Å². The Bertz CT molecular complexity index is 781. The molecule has 1 saturated heterocycles. The number of carbonyl (C=O) groups excluding carboxylic acids is 1. The van der Waals surface area contributed by atoms with Gasteiger partial charge in [-0.25, -0.2) is 9.38 Å². The van der Waals surface area contributed by atoms with E-state index in [0.717, 1.165) is 30.7 Å². The molecule has 4 rings (SSSR count). The first-order valence-corrected chi connectivity index (χ1v) is 9.48. The van der Waals surface area contributed by atoms with Gasteiger partial charge in [0, 0.05) is 43.4 Å². The molecular formula is C19H25FN6O. The molecule has 0 aromatic heterocycles. The fourth-order valence-electron chi connectivity index (χ4n) is 3.77. The molecule has 1 unspecified atom stereocenters. The lowest BCUT2D eigenvalue weighted by Crippen LogP contribution is -2.38. The summed E-state index contributed by atoms with van der Waals surface area (Å²) in [6, 6.07) is 0. The van der Waals surface area contributed by atoms with Crippen LogP contribution in [0.1, 0.15) is 19.8 Å². The predicted molar refractivity (Wildman–Crippen MR) is 102 cm³/mol. The summed E-state index contributed by atoms with van der Waals surface area (Å²) in [6.45, 7) is 4.12. The number of amides is 1. The van der Waals surface area contributed by atoms with Crippen LogP contribution in [0.15, 0.2) is 52.3 Å². The third-order valence-corrected chi connectivity index (χ3v) is 5.30. The van der Waals surface area contributed by atoms with Gasteiger partial charge in [-0.15, -0.1) is 0 Å². The number of dihydropyridines is 1. The lowest BCUT2D eigenvalue weighted by molar-refractivity contribution is -0.129. The van der Waals surface area contributed by atoms with Crippen LogP contribution in [0.2, 0.25) is 0 Å². The minimum Gasteiger partial charge on any atom is -0.368 e. The normalized spacial score (nSPS) is 26.4. The summed E-state index contributed by atoms with van der Waals surface area (Å²) in [5.74, 6) is 1.15. The van der Waals surface area contributed by atoms with E-state index >= 15 is 0 Å². The summed E-state index contributed by atoms with van der Waals surface area (Å²) in [7, 11) is 0. The van der Waals surface area contributed by atoms with Crippen molar-refractivity contribution in [3.63, 3.8) is 0 Å². The zero-order chi connectivity index (χ0) is 18.8. The third kappa shape index (κ3) is 3.56. The zero-order valence-corrected chi connectivity index (χ0v) is 15.4. The van der Waals surface area contributed by atoms with Gasteiger partial charge in [0.1, 0.15) is 12.0 Å². The maximum Gasteiger partial charge on any atom is 0.222 e. The van der Waals surface area contributed by atoms with Gasteiger partial charge < -0.3 is 26.2 Å². The number of allylic oxidation sites excluding steroid dienone is 2. The van der Waals surface area contributed by atoms with Crippen LogP contribution in [-0.2, 0) is 4.79 Å². The van der Waals surface area contributed by atoms with Gasteiger partial charge in [0.05, 0.1) is 6.54 Å². The molecule has 8 heteroatoms. The Morgan fingerprint density at radius 3 is 3.19 bits per heavy atom. The fraction of sp³-hybridized carbons (Fsp3) is 0.474. The first-order valence-electron chi connectivity index (χ1n) is 9.48. The van der Waals surface area contributed by atoms with Crippen LogP contribution in [0.5, 0.6) is 0 Å². The highest BCUT2D eigenvalue weighted by Gasteiger charge is 2.29. The molecule has 0 aliphatic carbocycles. The van der Waals surface area contributed by atoms with E-state index in [2.05, 4.69) is 26.3 Å². The second-order valence-electron chi connectivity index (χ2n) is 7.10. The van der Waals surface area contributed by atoms with E-state index in [4.69, 9.17) is 0 Å². The van der Waals surface area contributed by atoms with Crippen molar-refractivity contribution in [2.24, 2.45) is 10.9 Å². The molecule has 2 atom stereocenters. The number of hydrogen-bond acceptors (Lipinski definition) is 6. The number of carbonyl (C=O) groups is 1. The van der Waals surface area contributed by atoms with Crippen LogP contribution in [0, 0.1) is 5.92 Å². The van der Waals surface area contributed by atoms with Crippen LogP contribution in [0.3, 0.4) is 0 Å². The highest BCUT2D eigenvalue weighted by atomic mass is 19.1. The van der Waals surface area contributed by atoms with E-state index in [1.165, 1.54) is 0 Å². The van der Waals surface area contributed by atoms with E-state index in [1.54, 1.807) is 0 Å². The van der Waals surface area contributed by atoms with Crippen LogP contribution in [-0.4, -0.2) is 49.0 Å². The quantitative estimate of drug-likeness (QED) is 0.575. The Morgan fingerprint density at radius 2 is 2.33 bits per heavy atom. The van der Waals surface area contributed by atoms with Gasteiger partial charge in [-0.1, -0.05) is 13.0 Å². The fourth-order valence-corrected chi connectivity index (χ4v) is 3.77. The number of aliphatic imine (C=N–C) groups is 1. The van der Waals surface area contributed by atoms with Gasteiger partial charge >= 0.3 is 0 Å². The van der Waals surface area contributed by atoms with Crippen molar-refractivity contribution < 1.29 is 9.18 Å². The maximum atomic E-state index is 14.3. The van der Waals surface area contributed by atoms with Crippen LogP contribution < -0.4 is 21.3 Å². The van der Waals surface area contributed by atoms with Crippen molar-refractivity contribution in [3.8, 4) is 0 Å². The summed E-state index contributed by atoms with van der Waals surface area (Å²) in [5.41, 5.74) is 2.01. The number of likely N-dealkylation sites (tertiary alicyclic amines) is 1. The van der Waals surface area contributed by atoms with Crippen LogP contribution in [0.4, 0.5) is 4.39 Å². The number of nitrogens with one attached hydrogen (secondary N) is 4. The SMILES string of the molecule is CCC(=O)N1CC[C@H](CNC2=C(F)CNC(C3=CNC4NC=CC=C34)=N2)C1. The molecule has 144 valence electrons. The van der Waals surface area contributed by atoms with Gasteiger partial charge in [0.15, 0.2) is 11.6 Å². The summed E-state index contributed by atoms with van der Waals surface area (Å²) in [5, 5.41) is 12.7. The smallest absolute Gasteiger partial charge is 0.222 e. The molecule has 7 nitrogen and oxygen atoms in total. The highest BCUT2D eigenvalue weighted by Crippen LogP contribution is 2.24. The average Bonchev–Trinajstić information content (AvgIpc) is 3.34. The molecule has 0 saturated carbocycles. The second-order valence-corrected chi connectivity index (χ2v) is 7.10. The van der Waals surface area contributed by atoms with Crippen molar-refractivity contribution in [1.29, 1.82) is 0 Å². The Balaban J connectivity index is 1.40. The largest absolute Gasteiger partial charge is 0.368 e. The van der Waals surface area contributed by atoms with E-state index in [0.29, 0.717) is 24.7 Å². The maximum absolute atomic E-state index is 14.3. The van der Waals surface area contributed by atoms with E-state index < -0.39 is 0 Å². The number of amidine groups is 1. The van der Waals surface area contributed by atoms with Crippen molar-refractivity contribution >= 4 is 11.7 Å². The number of rotatable bonds is 5. The zero-order valence-electron chi connectivity index (χ0n) is 15.4. The Hall–Kier alpha value is -2.77. The molecule has 4 heterocycles. The number of fused-ring (bicyclic) bond motifs is 1. The molecule has 0 spiro atoms. The molecule has 4 aliphatic heterocycles. The molecule has 1 fully saturated rings. The molecule has 0 aromatic rings. The van der Waals surface area contributed by atoms with E-state index in [-0.39, 0.29) is 30.3 Å². The first-order chi connectivity index (χ1) is 13.2. The molecule has 27 heavy (non-hydrogen) atoms. The minimum absolute atomic E-state index is 0.0298. The number of nitrogens with zero attached hydrogens (tertiary/aromatic N) is 2.